The zero-order chi connectivity index (χ0) is 94.6. The maximum absolute atomic E-state index is 13.0. The second kappa shape index (κ2) is 57.6. The molecule has 0 atom stereocenters. The number of rotatable bonds is 8. The molecule has 17 aromatic rings. The first kappa shape index (κ1) is 121. The highest BCUT2D eigenvalue weighted by Crippen LogP contribution is 2.53. The lowest BCUT2D eigenvalue weighted by Gasteiger charge is -2.06. The van der Waals surface area contributed by atoms with E-state index in [4.69, 9.17) is 0 Å². The van der Waals surface area contributed by atoms with Crippen molar-refractivity contribution >= 4 is 205 Å². The number of aromatic amines is 4. The van der Waals surface area contributed by atoms with Crippen LogP contribution in [0.2, 0.25) is 0 Å². The molecule has 0 saturated carbocycles. The van der Waals surface area contributed by atoms with Gasteiger partial charge in [-0.15, -0.1) is 0 Å². The van der Waals surface area contributed by atoms with E-state index in [-0.39, 0.29) is 79.1 Å². The van der Waals surface area contributed by atoms with Crippen molar-refractivity contribution in [3.63, 3.8) is 0 Å². The molecule has 9 aromatic carbocycles. The van der Waals surface area contributed by atoms with Crippen molar-refractivity contribution in [2.75, 3.05) is 0 Å². The molecular formula is C120H152B4N8O4. The van der Waals surface area contributed by atoms with Crippen molar-refractivity contribution in [3.8, 4) is 0 Å². The third-order valence-corrected chi connectivity index (χ3v) is 22.4. The van der Waals surface area contributed by atoms with Crippen LogP contribution in [0.25, 0.3) is 148 Å². The minimum absolute atomic E-state index is 0. The van der Waals surface area contributed by atoms with Crippen molar-refractivity contribution in [1.29, 1.82) is 0 Å². The summed E-state index contributed by atoms with van der Waals surface area (Å²) in [6.07, 6.45) is 18.9. The summed E-state index contributed by atoms with van der Waals surface area (Å²) in [6.45, 7) is 62.4. The fourth-order valence-corrected chi connectivity index (χ4v) is 17.7. The normalized spacial score (nSPS) is 12.3. The molecule has 136 heavy (non-hydrogen) atoms. The number of nitrogens with one attached hydrogen (secondary N) is 4. The number of carbonyl (C=O) groups excluding carboxylic acids is 4. The number of Topliss-reactive ketones (excluding diaryl/α,β-unsaturated/α-hetero) is 4. The molecule has 0 saturated heterocycles. The van der Waals surface area contributed by atoms with E-state index < -0.39 is 0 Å². The van der Waals surface area contributed by atoms with Gasteiger partial charge in [0.1, 0.15) is 6.67 Å². The van der Waals surface area contributed by atoms with Crippen molar-refractivity contribution in [1.82, 2.24) is 38.2 Å². The van der Waals surface area contributed by atoms with E-state index >= 15 is 0 Å². The van der Waals surface area contributed by atoms with Crippen molar-refractivity contribution < 1.29 is 19.2 Å². The maximum atomic E-state index is 13.0. The Morgan fingerprint density at radius 3 is 0.801 bits per heavy atom. The number of para-hydroxylation sites is 8. The zero-order valence-electron chi connectivity index (χ0n) is 83.9. The molecule has 0 spiro atoms. The highest BCUT2D eigenvalue weighted by molar-refractivity contribution is 6.41. The Bertz CT molecular complexity index is 6370. The van der Waals surface area contributed by atoms with Gasteiger partial charge in [-0.3, -0.25) is 19.2 Å². The fraction of sp³-hybridized carbons (Fsp3) is 0.300. The summed E-state index contributed by atoms with van der Waals surface area (Å²) in [6, 6.07) is 66.0. The van der Waals surface area contributed by atoms with Crippen LogP contribution in [-0.4, -0.2) is 95.0 Å². The van der Waals surface area contributed by atoms with E-state index in [0.29, 0.717) is 25.7 Å². The summed E-state index contributed by atoms with van der Waals surface area (Å²) in [5.74, 6) is 0.628. The van der Waals surface area contributed by atoms with Gasteiger partial charge >= 0.3 is 0 Å². The summed E-state index contributed by atoms with van der Waals surface area (Å²) < 4.78 is 8.98. The second-order valence-electron chi connectivity index (χ2n) is 29.7. The Morgan fingerprint density at radius 1 is 0.279 bits per heavy atom. The summed E-state index contributed by atoms with van der Waals surface area (Å²) in [4.78, 5) is 64.8. The number of H-pyrrole nitrogens is 4. The molecule has 4 N–H and O–H groups in total. The van der Waals surface area contributed by atoms with Gasteiger partial charge in [0.15, 0.2) is 23.1 Å². The van der Waals surface area contributed by atoms with Gasteiger partial charge in [0.2, 0.25) is 0 Å². The third kappa shape index (κ3) is 23.4. The van der Waals surface area contributed by atoms with Gasteiger partial charge in [0, 0.05) is 253 Å². The van der Waals surface area contributed by atoms with Crippen molar-refractivity contribution in [2.45, 2.75) is 233 Å². The molecule has 12 nitrogen and oxygen atoms in total. The van der Waals surface area contributed by atoms with E-state index in [1.165, 1.54) is 63.9 Å². The van der Waals surface area contributed by atoms with Crippen LogP contribution in [0, 0.1) is 0 Å². The lowest BCUT2D eigenvalue weighted by Crippen LogP contribution is -2.00. The number of benzene rings is 9. The van der Waals surface area contributed by atoms with Crippen LogP contribution >= 0.6 is 0 Å². The number of hydrogen-bond donors (Lipinski definition) is 4. The lowest BCUT2D eigenvalue weighted by molar-refractivity contribution is -0.113. The number of carbonyl (C=O) groups is 4. The molecule has 4 aliphatic carbocycles. The Morgan fingerprint density at radius 2 is 0.507 bits per heavy atom. The number of fused-ring (bicyclic) bond motifs is 15. The highest BCUT2D eigenvalue weighted by atomic mass is 16.1. The van der Waals surface area contributed by atoms with E-state index in [9.17, 15) is 19.2 Å². The van der Waals surface area contributed by atoms with Gasteiger partial charge in [0.05, 0.1) is 22.1 Å². The Hall–Kier alpha value is -13.1. The number of allylic oxidation sites excluding steroid dienone is 10. The van der Waals surface area contributed by atoms with Crippen LogP contribution in [0.15, 0.2) is 274 Å². The summed E-state index contributed by atoms with van der Waals surface area (Å²) >= 11 is 0. The summed E-state index contributed by atoms with van der Waals surface area (Å²) in [7, 11) is 4.07. The molecule has 0 amide bonds. The quantitative estimate of drug-likeness (QED) is 0.112. The number of hydrogen-bond acceptors (Lipinski definition) is 4. The average molecular weight is 1810 g/mol. The lowest BCUT2D eigenvalue weighted by atomic mass is 9.95. The van der Waals surface area contributed by atoms with Crippen molar-refractivity contribution in [3.05, 3.63) is 319 Å². The summed E-state index contributed by atoms with van der Waals surface area (Å²) in [5.41, 5.74) is 28.3. The number of nitrogens with zero attached hydrogens (tertiary/aromatic N) is 4. The number of ketones is 4. The predicted molar refractivity (Wildman–Crippen MR) is 608 cm³/mol. The largest absolute Gasteiger partial charge is 0.361 e. The minimum Gasteiger partial charge on any atom is -0.361 e. The standard InChI is InChI=1S/C24H20N2O.C23H14N2O.2C22H16N2O.C5H12.C3H8.9C2H6.3CH4.4B/c1-15-12-22(27)24(19-14-26(3)21-11-7-5-9-17(19)21)23(15)18-13-25(2)20-10-6-4-8-16(18)20;1-12-10-17(26)21-18(12)19-13-6-2-4-8-15(13)24-11-25-16-9-5-3-7-14(16)20(21)23(25)22(19)24;2*1-13-10-20(25)22(17-12-24-19-9-5-3-7-15(17)19)21(13)16-11-23-18-8-4-2-6-14(16)18;1-3-5-4-2;1-3-2;9*1-2;;;;;;;/h4-11,13-14H,1,12H2,2-3H3;2-9H,1,10-11H2;2*2-9,11-12,23-24H,1,10H2;3-5H2,1-2H3;3H2,1-2H3;9*1-2H3;3*1H4;;;;. The van der Waals surface area contributed by atoms with E-state index in [1.54, 1.807) is 0 Å². The minimum atomic E-state index is 0. The zero-order valence-corrected chi connectivity index (χ0v) is 83.9. The molecular weight excluding hydrogens is 1660 g/mol. The molecule has 0 fully saturated rings. The van der Waals surface area contributed by atoms with Crippen LogP contribution in [0.4, 0.5) is 0 Å². The molecule has 9 heterocycles. The molecule has 0 bridgehead atoms. The molecule has 5 aliphatic rings. The third-order valence-electron chi connectivity index (χ3n) is 22.4. The second-order valence-corrected chi connectivity index (χ2v) is 29.7. The van der Waals surface area contributed by atoms with Crippen molar-refractivity contribution in [2.24, 2.45) is 14.1 Å². The Kier molecular flexibility index (Phi) is 51.2. The average Bonchev–Trinajstić information content (AvgIpc) is 1.50. The number of unbranched alkanes of at least 4 members (excludes halogenated alkanes) is 2. The monoisotopic (exact) mass is 1810 g/mol. The van der Waals surface area contributed by atoms with E-state index in [1.807, 2.05) is 261 Å². The maximum Gasteiger partial charge on any atom is 0.168 e. The fourth-order valence-electron chi connectivity index (χ4n) is 17.7. The predicted octanol–water partition coefficient (Wildman–Crippen LogP) is 33.8. The summed E-state index contributed by atoms with van der Waals surface area (Å²) in [5, 5.41) is 11.4. The number of aromatic nitrogens is 8. The van der Waals surface area contributed by atoms with E-state index in [0.717, 1.165) is 178 Å². The SMILES string of the molecule is C.C.C.C=C1CC(=O)C(c2c[nH]c3ccccc23)=C1c1c[nH]c2ccccc12.C=C1CC(=O)C(c2c[nH]c3ccccc23)=C1c1c[nH]c2ccccc12.C=C1CC(=O)C(c2cn(C)c3ccccc23)=C1c1cn(C)c2ccccc12.C=C1CC(=O)c2c1c1c3ccccc3n3c1c1c2c2ccccc2n1C3.CC.CC.CC.CC.CC.CC.CC.CC.CC.CCC.CCCCC.[B].[B].[B].[B]. The molecule has 12 radical (unpaired) electrons. The van der Waals surface area contributed by atoms with Gasteiger partial charge in [-0.05, 0) is 93.1 Å². The molecule has 22 rings (SSSR count). The van der Waals surface area contributed by atoms with Crippen LogP contribution in [0.3, 0.4) is 0 Å². The molecule has 0 unspecified atom stereocenters. The van der Waals surface area contributed by atoms with Gasteiger partial charge in [0.25, 0.3) is 0 Å². The molecule has 16 heteroatoms. The topological polar surface area (TPSA) is 151 Å². The van der Waals surface area contributed by atoms with Crippen LogP contribution in [-0.2, 0) is 35.1 Å². The molecule has 708 valence electrons. The number of aryl methyl sites for hydroxylation is 2. The smallest absolute Gasteiger partial charge is 0.168 e. The van der Waals surface area contributed by atoms with Gasteiger partial charge in [-0.25, -0.2) is 0 Å². The Labute approximate surface area is 822 Å². The highest BCUT2D eigenvalue weighted by Gasteiger charge is 2.38. The first-order valence-electron chi connectivity index (χ1n) is 47.5. The van der Waals surface area contributed by atoms with E-state index in [2.05, 4.69) is 202 Å². The van der Waals surface area contributed by atoms with Gasteiger partial charge in [-0.1, -0.05) is 372 Å². The first-order valence-corrected chi connectivity index (χ1v) is 47.5. The van der Waals surface area contributed by atoms with Gasteiger partial charge in [-0.2, -0.15) is 0 Å². The van der Waals surface area contributed by atoms with Gasteiger partial charge < -0.3 is 38.2 Å². The van der Waals surface area contributed by atoms with Crippen LogP contribution in [0.1, 0.15) is 275 Å². The molecule has 8 aromatic heterocycles. The van der Waals surface area contributed by atoms with Crippen LogP contribution in [0.5, 0.6) is 0 Å². The first-order chi connectivity index (χ1) is 63.1. The molecule has 1 aliphatic heterocycles. The van der Waals surface area contributed by atoms with Crippen LogP contribution < -0.4 is 0 Å². The Balaban J connectivity index is 0.000000823.